The molecule has 1 aliphatic heterocycles. The van der Waals surface area contributed by atoms with Gasteiger partial charge in [-0.15, -0.1) is 0 Å². The number of nitrogens with one attached hydrogen (secondary N) is 1. The first kappa shape index (κ1) is 17.2. The summed E-state index contributed by atoms with van der Waals surface area (Å²) in [5.41, 5.74) is 5.37. The maximum atomic E-state index is 13.2. The molecule has 0 aliphatic carbocycles. The Balaban J connectivity index is 1.66. The van der Waals surface area contributed by atoms with Crippen molar-refractivity contribution in [3.05, 3.63) is 77.1 Å². The van der Waals surface area contributed by atoms with Gasteiger partial charge in [-0.2, -0.15) is 0 Å². The second kappa shape index (κ2) is 6.83. The number of benzene rings is 2. The van der Waals surface area contributed by atoms with Crippen LogP contribution < -0.4 is 10.2 Å². The van der Waals surface area contributed by atoms with Crippen LogP contribution in [0.4, 0.5) is 17.3 Å². The van der Waals surface area contributed by atoms with Crippen LogP contribution >= 0.6 is 0 Å². The molecular weight excluding hydrogens is 336 g/mol. The van der Waals surface area contributed by atoms with Crippen molar-refractivity contribution in [1.29, 1.82) is 0 Å². The summed E-state index contributed by atoms with van der Waals surface area (Å²) >= 11 is 0. The van der Waals surface area contributed by atoms with E-state index in [2.05, 4.69) is 28.3 Å². The van der Waals surface area contributed by atoms with E-state index in [1.54, 1.807) is 6.07 Å². The Morgan fingerprint density at radius 3 is 2.70 bits per heavy atom. The van der Waals surface area contributed by atoms with Crippen molar-refractivity contribution >= 4 is 23.2 Å². The summed E-state index contributed by atoms with van der Waals surface area (Å²) in [5.74, 6) is 0.342. The number of nitrogens with zero attached hydrogens (tertiary/aromatic N) is 3. The summed E-state index contributed by atoms with van der Waals surface area (Å²) < 4.78 is 0. The molecule has 3 aromatic rings. The van der Waals surface area contributed by atoms with E-state index >= 15 is 0 Å². The van der Waals surface area contributed by atoms with Gasteiger partial charge in [-0.25, -0.2) is 9.97 Å². The number of hydrogen-bond acceptors (Lipinski definition) is 4. The molecule has 1 N–H and O–H groups in total. The molecule has 0 saturated carbocycles. The summed E-state index contributed by atoms with van der Waals surface area (Å²) in [5, 5.41) is 3.21. The largest absolute Gasteiger partial charge is 0.324 e. The standard InChI is InChI=1S/C22H22N4O/c1-14-7-6-9-18(11-14)24-22-23-15(2)12-19(25-22)21(27)26-16(3)13-17-8-4-5-10-20(17)26/h4-12,16H,13H2,1-3H3,(H,23,24,25). The van der Waals surface area contributed by atoms with Crippen molar-refractivity contribution < 1.29 is 4.79 Å². The third-order valence-corrected chi connectivity index (χ3v) is 4.77. The molecule has 1 amide bonds. The topological polar surface area (TPSA) is 58.1 Å². The Morgan fingerprint density at radius 1 is 1.07 bits per heavy atom. The Bertz CT molecular complexity index is 1010. The monoisotopic (exact) mass is 358 g/mol. The van der Waals surface area contributed by atoms with Crippen LogP contribution in [0.1, 0.15) is 34.2 Å². The first-order valence-corrected chi connectivity index (χ1v) is 9.12. The number of carbonyl (C=O) groups is 1. The number of rotatable bonds is 3. The summed E-state index contributed by atoms with van der Waals surface area (Å²) in [4.78, 5) is 24.0. The van der Waals surface area contributed by atoms with E-state index in [1.165, 1.54) is 5.56 Å². The first-order valence-electron chi connectivity index (χ1n) is 9.12. The molecule has 2 heterocycles. The molecular formula is C22H22N4O. The molecule has 1 aliphatic rings. The van der Waals surface area contributed by atoms with E-state index < -0.39 is 0 Å². The zero-order valence-electron chi connectivity index (χ0n) is 15.7. The minimum Gasteiger partial charge on any atom is -0.324 e. The van der Waals surface area contributed by atoms with Crippen LogP contribution in [0.15, 0.2) is 54.6 Å². The number of fused-ring (bicyclic) bond motifs is 1. The minimum absolute atomic E-state index is 0.0924. The fourth-order valence-electron chi connectivity index (χ4n) is 3.58. The van der Waals surface area contributed by atoms with E-state index in [9.17, 15) is 4.79 Å². The molecule has 5 nitrogen and oxygen atoms in total. The van der Waals surface area contributed by atoms with Gasteiger partial charge in [0.2, 0.25) is 5.95 Å². The average molecular weight is 358 g/mol. The quantitative estimate of drug-likeness (QED) is 0.752. The maximum Gasteiger partial charge on any atom is 0.277 e. The summed E-state index contributed by atoms with van der Waals surface area (Å²) in [6.07, 6.45) is 0.861. The number of carbonyl (C=O) groups excluding carboxylic acids is 1. The van der Waals surface area contributed by atoms with E-state index in [4.69, 9.17) is 0 Å². The molecule has 0 saturated heterocycles. The molecule has 0 fully saturated rings. The van der Waals surface area contributed by atoms with Crippen molar-refractivity contribution in [2.45, 2.75) is 33.2 Å². The van der Waals surface area contributed by atoms with Crippen molar-refractivity contribution in [2.75, 3.05) is 10.2 Å². The molecule has 1 aromatic heterocycles. The Morgan fingerprint density at radius 2 is 1.89 bits per heavy atom. The zero-order valence-corrected chi connectivity index (χ0v) is 15.7. The van der Waals surface area contributed by atoms with Crippen LogP contribution in [-0.2, 0) is 6.42 Å². The fourth-order valence-corrected chi connectivity index (χ4v) is 3.58. The zero-order chi connectivity index (χ0) is 19.0. The third kappa shape index (κ3) is 3.40. The van der Waals surface area contributed by atoms with E-state index in [0.29, 0.717) is 11.6 Å². The van der Waals surface area contributed by atoms with Gasteiger partial charge < -0.3 is 10.2 Å². The lowest BCUT2D eigenvalue weighted by molar-refractivity contribution is 0.0976. The Labute approximate surface area is 159 Å². The lowest BCUT2D eigenvalue weighted by atomic mass is 10.1. The van der Waals surface area contributed by atoms with Crippen LogP contribution in [-0.4, -0.2) is 21.9 Å². The van der Waals surface area contributed by atoms with Gasteiger partial charge >= 0.3 is 0 Å². The highest BCUT2D eigenvalue weighted by molar-refractivity contribution is 6.06. The number of para-hydroxylation sites is 1. The second-order valence-electron chi connectivity index (χ2n) is 7.07. The number of anilines is 3. The Kier molecular flexibility index (Phi) is 4.36. The van der Waals surface area contributed by atoms with Crippen molar-refractivity contribution in [2.24, 2.45) is 0 Å². The highest BCUT2D eigenvalue weighted by Gasteiger charge is 2.32. The average Bonchev–Trinajstić information content (AvgIpc) is 2.96. The molecule has 1 unspecified atom stereocenters. The predicted octanol–water partition coefficient (Wildman–Crippen LogP) is 4.43. The number of hydrogen-bond donors (Lipinski definition) is 1. The van der Waals surface area contributed by atoms with E-state index in [0.717, 1.165) is 29.1 Å². The lowest BCUT2D eigenvalue weighted by Crippen LogP contribution is -2.36. The van der Waals surface area contributed by atoms with Gasteiger partial charge in [0.05, 0.1) is 0 Å². The minimum atomic E-state index is -0.0924. The molecule has 136 valence electrons. The van der Waals surface area contributed by atoms with Crippen LogP contribution in [0.2, 0.25) is 0 Å². The summed E-state index contributed by atoms with van der Waals surface area (Å²) in [7, 11) is 0. The van der Waals surface area contributed by atoms with Gasteiger partial charge in [0.15, 0.2) is 0 Å². The van der Waals surface area contributed by atoms with Crippen LogP contribution in [0.5, 0.6) is 0 Å². The van der Waals surface area contributed by atoms with Crippen LogP contribution in [0.25, 0.3) is 0 Å². The molecule has 27 heavy (non-hydrogen) atoms. The fraction of sp³-hybridized carbons (Fsp3) is 0.227. The summed E-state index contributed by atoms with van der Waals surface area (Å²) in [6.45, 7) is 5.97. The molecule has 0 bridgehead atoms. The van der Waals surface area contributed by atoms with Gasteiger partial charge in [0, 0.05) is 23.1 Å². The van der Waals surface area contributed by atoms with Crippen molar-refractivity contribution in [3.63, 3.8) is 0 Å². The summed E-state index contributed by atoms with van der Waals surface area (Å²) in [6, 6.07) is 17.9. The highest BCUT2D eigenvalue weighted by Crippen LogP contribution is 2.33. The SMILES string of the molecule is Cc1cccc(Nc2nc(C)cc(C(=O)N3c4ccccc4CC3C)n2)c1. The van der Waals surface area contributed by atoms with Gasteiger partial charge in [-0.3, -0.25) is 4.79 Å². The predicted molar refractivity (Wildman–Crippen MR) is 108 cm³/mol. The molecule has 0 spiro atoms. The normalized spacial score (nSPS) is 15.5. The van der Waals surface area contributed by atoms with Crippen molar-refractivity contribution in [3.8, 4) is 0 Å². The van der Waals surface area contributed by atoms with Gasteiger partial charge in [0.25, 0.3) is 5.91 Å². The number of aryl methyl sites for hydroxylation is 2. The molecule has 1 atom stereocenters. The highest BCUT2D eigenvalue weighted by atomic mass is 16.2. The number of amides is 1. The molecule has 4 rings (SSSR count). The van der Waals surface area contributed by atoms with E-state index in [-0.39, 0.29) is 11.9 Å². The Hall–Kier alpha value is -3.21. The third-order valence-electron chi connectivity index (χ3n) is 4.77. The van der Waals surface area contributed by atoms with Gasteiger partial charge in [-0.1, -0.05) is 30.3 Å². The van der Waals surface area contributed by atoms with E-state index in [1.807, 2.05) is 61.2 Å². The molecule has 5 heteroatoms. The van der Waals surface area contributed by atoms with Crippen LogP contribution in [0.3, 0.4) is 0 Å². The number of aromatic nitrogens is 2. The lowest BCUT2D eigenvalue weighted by Gasteiger charge is -2.22. The van der Waals surface area contributed by atoms with Gasteiger partial charge in [-0.05, 0) is 62.6 Å². The van der Waals surface area contributed by atoms with Gasteiger partial charge in [0.1, 0.15) is 5.69 Å². The maximum absolute atomic E-state index is 13.2. The smallest absolute Gasteiger partial charge is 0.277 e. The first-order chi connectivity index (χ1) is 13.0. The molecule has 0 radical (unpaired) electrons. The molecule has 2 aromatic carbocycles. The van der Waals surface area contributed by atoms with Crippen LogP contribution in [0, 0.1) is 13.8 Å². The van der Waals surface area contributed by atoms with Crippen molar-refractivity contribution in [1.82, 2.24) is 9.97 Å². The second-order valence-corrected chi connectivity index (χ2v) is 7.07.